The summed E-state index contributed by atoms with van der Waals surface area (Å²) in [6.45, 7) is 2.24. The molecule has 5 heteroatoms. The fourth-order valence-electron chi connectivity index (χ4n) is 2.39. The molecule has 1 aliphatic rings. The summed E-state index contributed by atoms with van der Waals surface area (Å²) < 4.78 is 0. The maximum Gasteiger partial charge on any atom is 0.274 e. The lowest BCUT2D eigenvalue weighted by molar-refractivity contribution is -0.384. The van der Waals surface area contributed by atoms with Crippen molar-refractivity contribution in [3.8, 4) is 0 Å². The van der Waals surface area contributed by atoms with Crippen LogP contribution in [0.5, 0.6) is 0 Å². The summed E-state index contributed by atoms with van der Waals surface area (Å²) >= 11 is 0. The lowest BCUT2D eigenvalue weighted by atomic mass is 9.87. The first-order chi connectivity index (χ1) is 8.15. The summed E-state index contributed by atoms with van der Waals surface area (Å²) in [5.74, 6) is 1.33. The van der Waals surface area contributed by atoms with Gasteiger partial charge in [-0.1, -0.05) is 19.8 Å². The van der Waals surface area contributed by atoms with Crippen LogP contribution >= 0.6 is 0 Å². The van der Waals surface area contributed by atoms with Gasteiger partial charge < -0.3 is 5.32 Å². The molecule has 0 aromatic carbocycles. The number of anilines is 1. The molecule has 1 aromatic rings. The number of nitro groups is 1. The van der Waals surface area contributed by atoms with Crippen LogP contribution in [0.2, 0.25) is 0 Å². The molecule has 1 fully saturated rings. The Kier molecular flexibility index (Phi) is 3.56. The highest BCUT2D eigenvalue weighted by atomic mass is 16.6. The Morgan fingerprint density at radius 2 is 2.35 bits per heavy atom. The highest BCUT2D eigenvalue weighted by Gasteiger charge is 2.19. The molecule has 0 amide bonds. The van der Waals surface area contributed by atoms with Crippen molar-refractivity contribution < 1.29 is 4.92 Å². The molecule has 1 aromatic heterocycles. The molecular formula is C12H17N3O2. The second-order valence-corrected chi connectivity index (χ2v) is 4.77. The zero-order valence-electron chi connectivity index (χ0n) is 9.93. The largest absolute Gasteiger partial charge is 0.367 e. The highest BCUT2D eigenvalue weighted by molar-refractivity contribution is 5.44. The Labute approximate surface area is 100 Å². The fraction of sp³-hybridized carbons (Fsp3) is 0.583. The number of pyridine rings is 1. The molecule has 2 atom stereocenters. The van der Waals surface area contributed by atoms with Crippen LogP contribution in [0.1, 0.15) is 32.6 Å². The third kappa shape index (κ3) is 3.15. The van der Waals surface area contributed by atoms with E-state index in [0.29, 0.717) is 11.9 Å². The van der Waals surface area contributed by atoms with Crippen LogP contribution in [0.4, 0.5) is 11.5 Å². The van der Waals surface area contributed by atoms with Gasteiger partial charge in [0.15, 0.2) is 0 Å². The van der Waals surface area contributed by atoms with Gasteiger partial charge in [-0.25, -0.2) is 4.98 Å². The van der Waals surface area contributed by atoms with Gasteiger partial charge in [0, 0.05) is 18.3 Å². The predicted octanol–water partition coefficient (Wildman–Crippen LogP) is 2.98. The summed E-state index contributed by atoms with van der Waals surface area (Å²) in [7, 11) is 0. The quantitative estimate of drug-likeness (QED) is 0.646. The van der Waals surface area contributed by atoms with E-state index in [9.17, 15) is 10.1 Å². The van der Waals surface area contributed by atoms with Gasteiger partial charge in [0.2, 0.25) is 0 Å². The summed E-state index contributed by atoms with van der Waals surface area (Å²) in [6.07, 6.45) is 6.21. The normalized spacial score (nSPS) is 24.3. The Hall–Kier alpha value is -1.65. The molecule has 0 radical (unpaired) electrons. The fourth-order valence-corrected chi connectivity index (χ4v) is 2.39. The average molecular weight is 235 g/mol. The second-order valence-electron chi connectivity index (χ2n) is 4.77. The van der Waals surface area contributed by atoms with E-state index < -0.39 is 4.92 Å². The van der Waals surface area contributed by atoms with E-state index in [1.54, 1.807) is 0 Å². The summed E-state index contributed by atoms with van der Waals surface area (Å²) in [5, 5.41) is 13.9. The van der Waals surface area contributed by atoms with Crippen LogP contribution in [0.25, 0.3) is 0 Å². The molecule has 2 rings (SSSR count). The molecule has 17 heavy (non-hydrogen) atoms. The number of hydrogen-bond acceptors (Lipinski definition) is 4. The Balaban J connectivity index is 2.02. The Morgan fingerprint density at radius 3 is 3.06 bits per heavy atom. The molecule has 2 unspecified atom stereocenters. The first-order valence-corrected chi connectivity index (χ1v) is 6.02. The Morgan fingerprint density at radius 1 is 1.53 bits per heavy atom. The minimum atomic E-state index is -0.393. The standard InChI is InChI=1S/C12H17N3O2/c1-9-3-2-4-10(7-9)14-12-8-11(15(16)17)5-6-13-12/h5-6,8-10H,2-4,7H2,1H3,(H,13,14). The lowest BCUT2D eigenvalue weighted by Crippen LogP contribution is -2.26. The highest BCUT2D eigenvalue weighted by Crippen LogP contribution is 2.26. The topological polar surface area (TPSA) is 68.1 Å². The maximum absolute atomic E-state index is 10.6. The van der Waals surface area contributed by atoms with Gasteiger partial charge in [0.25, 0.3) is 5.69 Å². The molecule has 5 nitrogen and oxygen atoms in total. The number of hydrogen-bond donors (Lipinski definition) is 1. The van der Waals surface area contributed by atoms with Gasteiger partial charge in [-0.15, -0.1) is 0 Å². The van der Waals surface area contributed by atoms with E-state index in [0.717, 1.165) is 18.8 Å². The van der Waals surface area contributed by atoms with Crippen molar-refractivity contribution in [2.45, 2.75) is 38.6 Å². The van der Waals surface area contributed by atoms with E-state index >= 15 is 0 Å². The maximum atomic E-state index is 10.6. The van der Waals surface area contributed by atoms with Crippen LogP contribution < -0.4 is 5.32 Å². The SMILES string of the molecule is CC1CCCC(Nc2cc([N+](=O)[O-])ccn2)C1. The first-order valence-electron chi connectivity index (χ1n) is 6.02. The number of aromatic nitrogens is 1. The van der Waals surface area contributed by atoms with Gasteiger partial charge >= 0.3 is 0 Å². The molecule has 0 saturated heterocycles. The molecule has 1 heterocycles. The van der Waals surface area contributed by atoms with Gasteiger partial charge in [-0.3, -0.25) is 10.1 Å². The van der Waals surface area contributed by atoms with Crippen LogP contribution in [0.3, 0.4) is 0 Å². The molecular weight excluding hydrogens is 218 g/mol. The van der Waals surface area contributed by atoms with Gasteiger partial charge in [-0.05, 0) is 18.8 Å². The van der Waals surface area contributed by atoms with Crippen molar-refractivity contribution in [2.75, 3.05) is 5.32 Å². The third-order valence-corrected chi connectivity index (χ3v) is 3.24. The summed E-state index contributed by atoms with van der Waals surface area (Å²) in [5.41, 5.74) is 0.0892. The molecule has 1 aliphatic carbocycles. The first kappa shape index (κ1) is 11.8. The molecule has 0 spiro atoms. The zero-order chi connectivity index (χ0) is 12.3. The average Bonchev–Trinajstić information content (AvgIpc) is 2.29. The van der Waals surface area contributed by atoms with E-state index in [-0.39, 0.29) is 5.69 Å². The van der Waals surface area contributed by atoms with E-state index in [2.05, 4.69) is 17.2 Å². The van der Waals surface area contributed by atoms with Crippen molar-refractivity contribution in [1.82, 2.24) is 4.98 Å². The Bertz CT molecular complexity index is 408. The predicted molar refractivity (Wildman–Crippen MR) is 65.9 cm³/mol. The number of nitrogens with one attached hydrogen (secondary N) is 1. The van der Waals surface area contributed by atoms with Crippen molar-refractivity contribution in [2.24, 2.45) is 5.92 Å². The number of rotatable bonds is 3. The molecule has 1 N–H and O–H groups in total. The van der Waals surface area contributed by atoms with Crippen molar-refractivity contribution in [3.63, 3.8) is 0 Å². The van der Waals surface area contributed by atoms with Gasteiger partial charge in [-0.2, -0.15) is 0 Å². The third-order valence-electron chi connectivity index (χ3n) is 3.24. The summed E-state index contributed by atoms with van der Waals surface area (Å²) in [4.78, 5) is 14.4. The van der Waals surface area contributed by atoms with Crippen molar-refractivity contribution in [1.29, 1.82) is 0 Å². The van der Waals surface area contributed by atoms with E-state index in [1.807, 2.05) is 0 Å². The van der Waals surface area contributed by atoms with Crippen molar-refractivity contribution in [3.05, 3.63) is 28.4 Å². The lowest BCUT2D eigenvalue weighted by Gasteiger charge is -2.27. The molecule has 1 saturated carbocycles. The van der Waals surface area contributed by atoms with Crippen LogP contribution in [0.15, 0.2) is 18.3 Å². The number of nitrogens with zero attached hydrogens (tertiary/aromatic N) is 2. The van der Waals surface area contributed by atoms with Crippen LogP contribution in [-0.4, -0.2) is 15.9 Å². The van der Waals surface area contributed by atoms with Crippen molar-refractivity contribution >= 4 is 11.5 Å². The van der Waals surface area contributed by atoms with Gasteiger partial charge in [0.05, 0.1) is 11.0 Å². The molecule has 0 bridgehead atoms. The van der Waals surface area contributed by atoms with Crippen LogP contribution in [-0.2, 0) is 0 Å². The van der Waals surface area contributed by atoms with Gasteiger partial charge in [0.1, 0.15) is 5.82 Å². The van der Waals surface area contributed by atoms with E-state index in [4.69, 9.17) is 0 Å². The van der Waals surface area contributed by atoms with E-state index in [1.165, 1.54) is 31.2 Å². The molecule has 92 valence electrons. The second kappa shape index (κ2) is 5.12. The monoisotopic (exact) mass is 235 g/mol. The summed E-state index contributed by atoms with van der Waals surface area (Å²) in [6, 6.07) is 3.31. The smallest absolute Gasteiger partial charge is 0.274 e. The zero-order valence-corrected chi connectivity index (χ0v) is 9.93. The minimum Gasteiger partial charge on any atom is -0.367 e. The van der Waals surface area contributed by atoms with Crippen LogP contribution in [0, 0.1) is 16.0 Å². The minimum absolute atomic E-state index is 0.0892. The molecule has 0 aliphatic heterocycles.